The Kier molecular flexibility index (Phi) is 5.23. The van der Waals surface area contributed by atoms with Gasteiger partial charge in [0.25, 0.3) is 10.0 Å². The van der Waals surface area contributed by atoms with Crippen LogP contribution in [-0.4, -0.2) is 47.8 Å². The SMILES string of the molecule is CC(=O)NCc1ccc(S(=O)(=O)N2CCNCC2c2nccn2C)s1. The van der Waals surface area contributed by atoms with E-state index in [0.29, 0.717) is 32.0 Å². The second-order valence-electron chi connectivity index (χ2n) is 5.86. The molecule has 8 nitrogen and oxygen atoms in total. The van der Waals surface area contributed by atoms with Crippen molar-refractivity contribution in [1.82, 2.24) is 24.5 Å². The lowest BCUT2D eigenvalue weighted by Crippen LogP contribution is -2.49. The number of carbonyl (C=O) groups excluding carboxylic acids is 1. The summed E-state index contributed by atoms with van der Waals surface area (Å²) in [4.78, 5) is 16.2. The van der Waals surface area contributed by atoms with E-state index in [0.717, 1.165) is 4.88 Å². The summed E-state index contributed by atoms with van der Waals surface area (Å²) in [5.74, 6) is 0.570. The summed E-state index contributed by atoms with van der Waals surface area (Å²) in [7, 11) is -1.77. The Morgan fingerprint density at radius 3 is 2.96 bits per heavy atom. The number of rotatable bonds is 5. The first-order valence-corrected chi connectivity index (χ1v) is 10.2. The van der Waals surface area contributed by atoms with Crippen LogP contribution < -0.4 is 10.6 Å². The summed E-state index contributed by atoms with van der Waals surface area (Å²) in [5, 5.41) is 5.92. The summed E-state index contributed by atoms with van der Waals surface area (Å²) < 4.78 is 29.9. The average molecular weight is 383 g/mol. The number of hydrogen-bond acceptors (Lipinski definition) is 6. The number of amides is 1. The van der Waals surface area contributed by atoms with Gasteiger partial charge in [-0.1, -0.05) is 0 Å². The summed E-state index contributed by atoms with van der Waals surface area (Å²) in [5.41, 5.74) is 0. The van der Waals surface area contributed by atoms with Crippen LogP contribution in [0.4, 0.5) is 0 Å². The third-order valence-electron chi connectivity index (χ3n) is 4.06. The third-order valence-corrected chi connectivity index (χ3v) is 7.52. The molecule has 0 aromatic carbocycles. The van der Waals surface area contributed by atoms with Crippen molar-refractivity contribution >= 4 is 27.3 Å². The Morgan fingerprint density at radius 2 is 2.28 bits per heavy atom. The fourth-order valence-electron chi connectivity index (χ4n) is 2.81. The number of aryl methyl sites for hydroxylation is 1. The monoisotopic (exact) mass is 383 g/mol. The van der Waals surface area contributed by atoms with E-state index in [-0.39, 0.29) is 16.2 Å². The van der Waals surface area contributed by atoms with Crippen LogP contribution in [0.3, 0.4) is 0 Å². The number of imidazole rings is 1. The fourth-order valence-corrected chi connectivity index (χ4v) is 5.82. The number of thiophene rings is 1. The molecule has 0 bridgehead atoms. The molecule has 1 amide bonds. The lowest BCUT2D eigenvalue weighted by Gasteiger charge is -2.34. The summed E-state index contributed by atoms with van der Waals surface area (Å²) in [6, 6.07) is 3.00. The van der Waals surface area contributed by atoms with Gasteiger partial charge in [-0.15, -0.1) is 11.3 Å². The van der Waals surface area contributed by atoms with Gasteiger partial charge in [0.05, 0.1) is 12.6 Å². The lowest BCUT2D eigenvalue weighted by molar-refractivity contribution is -0.119. The maximum Gasteiger partial charge on any atom is 0.253 e. The molecular weight excluding hydrogens is 362 g/mol. The summed E-state index contributed by atoms with van der Waals surface area (Å²) >= 11 is 1.19. The number of carbonyl (C=O) groups is 1. The molecule has 1 atom stereocenters. The van der Waals surface area contributed by atoms with Crippen LogP contribution in [-0.2, 0) is 28.4 Å². The van der Waals surface area contributed by atoms with Crippen molar-refractivity contribution in [3.8, 4) is 0 Å². The van der Waals surface area contributed by atoms with Crippen LogP contribution >= 0.6 is 11.3 Å². The van der Waals surface area contributed by atoms with Gasteiger partial charge in [-0.3, -0.25) is 4.79 Å². The number of sulfonamides is 1. The zero-order valence-electron chi connectivity index (χ0n) is 14.1. The minimum absolute atomic E-state index is 0.144. The van der Waals surface area contributed by atoms with Crippen molar-refractivity contribution in [2.24, 2.45) is 7.05 Å². The first-order valence-electron chi connectivity index (χ1n) is 7.92. The minimum atomic E-state index is -3.63. The molecule has 136 valence electrons. The molecule has 1 aliphatic rings. The van der Waals surface area contributed by atoms with Gasteiger partial charge in [0.15, 0.2) is 0 Å². The van der Waals surface area contributed by atoms with E-state index < -0.39 is 10.0 Å². The Bertz CT molecular complexity index is 858. The minimum Gasteiger partial charge on any atom is -0.351 e. The lowest BCUT2D eigenvalue weighted by atomic mass is 10.2. The first kappa shape index (κ1) is 18.1. The Hall–Kier alpha value is -1.75. The van der Waals surface area contributed by atoms with E-state index in [1.165, 1.54) is 22.6 Å². The van der Waals surface area contributed by atoms with Crippen LogP contribution in [0.15, 0.2) is 28.7 Å². The molecule has 0 saturated carbocycles. The predicted octanol–water partition coefficient (Wildman–Crippen LogP) is 0.453. The van der Waals surface area contributed by atoms with Gasteiger partial charge < -0.3 is 15.2 Å². The van der Waals surface area contributed by atoms with Crippen molar-refractivity contribution in [2.45, 2.75) is 23.7 Å². The van der Waals surface area contributed by atoms with Crippen molar-refractivity contribution in [1.29, 1.82) is 0 Å². The molecule has 1 unspecified atom stereocenters. The third kappa shape index (κ3) is 3.76. The van der Waals surface area contributed by atoms with E-state index in [9.17, 15) is 13.2 Å². The highest BCUT2D eigenvalue weighted by Crippen LogP contribution is 2.31. The number of nitrogens with zero attached hydrogens (tertiary/aromatic N) is 3. The highest BCUT2D eigenvalue weighted by Gasteiger charge is 2.37. The van der Waals surface area contributed by atoms with Crippen LogP contribution in [0.1, 0.15) is 23.7 Å². The van der Waals surface area contributed by atoms with E-state index in [1.54, 1.807) is 18.3 Å². The summed E-state index contributed by atoms with van der Waals surface area (Å²) in [6.07, 6.45) is 3.48. The van der Waals surface area contributed by atoms with Crippen molar-refractivity contribution in [3.05, 3.63) is 35.2 Å². The molecule has 2 aromatic heterocycles. The molecule has 10 heteroatoms. The largest absolute Gasteiger partial charge is 0.351 e. The van der Waals surface area contributed by atoms with Gasteiger partial charge >= 0.3 is 0 Å². The van der Waals surface area contributed by atoms with Crippen LogP contribution in [0.5, 0.6) is 0 Å². The van der Waals surface area contributed by atoms with Crippen molar-refractivity contribution in [3.63, 3.8) is 0 Å². The van der Waals surface area contributed by atoms with Gasteiger partial charge in [-0.25, -0.2) is 13.4 Å². The van der Waals surface area contributed by atoms with E-state index >= 15 is 0 Å². The maximum atomic E-state index is 13.1. The quantitative estimate of drug-likeness (QED) is 0.782. The average Bonchev–Trinajstić information content (AvgIpc) is 3.22. The predicted molar refractivity (Wildman–Crippen MR) is 94.6 cm³/mol. The van der Waals surface area contributed by atoms with Gasteiger partial charge in [0.2, 0.25) is 5.91 Å². The highest BCUT2D eigenvalue weighted by molar-refractivity contribution is 7.91. The molecule has 3 rings (SSSR count). The molecule has 1 saturated heterocycles. The second-order valence-corrected chi connectivity index (χ2v) is 9.15. The molecular formula is C15H21N5O3S2. The molecule has 25 heavy (non-hydrogen) atoms. The zero-order valence-corrected chi connectivity index (χ0v) is 15.7. The first-order chi connectivity index (χ1) is 11.9. The molecule has 2 N–H and O–H groups in total. The Labute approximate surface area is 150 Å². The maximum absolute atomic E-state index is 13.1. The number of piperazine rings is 1. The van der Waals surface area contributed by atoms with Crippen LogP contribution in [0.2, 0.25) is 0 Å². The Balaban J connectivity index is 1.87. The van der Waals surface area contributed by atoms with E-state index in [2.05, 4.69) is 15.6 Å². The fraction of sp³-hybridized carbons (Fsp3) is 0.467. The molecule has 3 heterocycles. The molecule has 0 aliphatic carbocycles. The van der Waals surface area contributed by atoms with Gasteiger partial charge in [0.1, 0.15) is 10.0 Å². The van der Waals surface area contributed by atoms with Crippen molar-refractivity contribution in [2.75, 3.05) is 19.6 Å². The summed E-state index contributed by atoms with van der Waals surface area (Å²) in [6.45, 7) is 3.28. The zero-order chi connectivity index (χ0) is 18.0. The molecule has 1 fully saturated rings. The molecule has 0 spiro atoms. The van der Waals surface area contributed by atoms with Crippen molar-refractivity contribution < 1.29 is 13.2 Å². The van der Waals surface area contributed by atoms with E-state index in [4.69, 9.17) is 0 Å². The normalized spacial score (nSPS) is 19.0. The number of nitrogens with one attached hydrogen (secondary N) is 2. The van der Waals surface area contributed by atoms with Gasteiger partial charge in [0, 0.05) is 50.9 Å². The van der Waals surface area contributed by atoms with Crippen LogP contribution in [0, 0.1) is 0 Å². The van der Waals surface area contributed by atoms with E-state index in [1.807, 2.05) is 17.8 Å². The smallest absolute Gasteiger partial charge is 0.253 e. The topological polar surface area (TPSA) is 96.3 Å². The van der Waals surface area contributed by atoms with Crippen LogP contribution in [0.25, 0.3) is 0 Å². The highest BCUT2D eigenvalue weighted by atomic mass is 32.2. The standard InChI is InChI=1S/C15H21N5O3S2/c1-11(21)18-9-12-3-4-14(24-12)25(22,23)20-8-5-16-10-13(20)15-17-6-7-19(15)2/h3-4,6-7,13,16H,5,8-10H2,1-2H3,(H,18,21). The molecule has 1 aliphatic heterocycles. The molecule has 0 radical (unpaired) electrons. The molecule has 2 aromatic rings. The number of aromatic nitrogens is 2. The number of hydrogen-bond donors (Lipinski definition) is 2. The Morgan fingerprint density at radius 1 is 1.48 bits per heavy atom. The van der Waals surface area contributed by atoms with Gasteiger partial charge in [-0.05, 0) is 12.1 Å². The van der Waals surface area contributed by atoms with Gasteiger partial charge in [-0.2, -0.15) is 4.31 Å². The second kappa shape index (κ2) is 7.24.